The Morgan fingerprint density at radius 2 is 1.94 bits per heavy atom. The quantitative estimate of drug-likeness (QED) is 0.571. The van der Waals surface area contributed by atoms with E-state index in [0.29, 0.717) is 25.1 Å². The molecule has 1 aliphatic rings. The van der Waals surface area contributed by atoms with Crippen LogP contribution in [0.2, 0.25) is 0 Å². The van der Waals surface area contributed by atoms with Gasteiger partial charge in [-0.15, -0.1) is 10.2 Å². The van der Waals surface area contributed by atoms with Crippen LogP contribution >= 0.6 is 0 Å². The Bertz CT molecular complexity index is 1180. The van der Waals surface area contributed by atoms with E-state index in [1.54, 1.807) is 30.3 Å². The van der Waals surface area contributed by atoms with Gasteiger partial charge in [0.2, 0.25) is 15.9 Å². The lowest BCUT2D eigenvalue weighted by molar-refractivity contribution is 0.285. The Balaban J connectivity index is 1.60. The van der Waals surface area contributed by atoms with Gasteiger partial charge < -0.3 is 13.9 Å². The molecule has 10 heteroatoms. The zero-order valence-electron chi connectivity index (χ0n) is 17.1. The lowest BCUT2D eigenvalue weighted by Gasteiger charge is -2.30. The van der Waals surface area contributed by atoms with Crippen LogP contribution in [0.4, 0.5) is 4.39 Å². The van der Waals surface area contributed by atoms with Crippen LogP contribution < -0.4 is 9.47 Å². The fourth-order valence-corrected chi connectivity index (χ4v) is 5.32. The van der Waals surface area contributed by atoms with Crippen LogP contribution in [0, 0.1) is 5.82 Å². The summed E-state index contributed by atoms with van der Waals surface area (Å²) in [5.41, 5.74) is 0.211. The fraction of sp³-hybridized carbons (Fsp3) is 0.333. The van der Waals surface area contributed by atoms with E-state index in [1.807, 2.05) is 0 Å². The van der Waals surface area contributed by atoms with Gasteiger partial charge in [-0.2, -0.15) is 4.31 Å². The van der Waals surface area contributed by atoms with Gasteiger partial charge in [0.25, 0.3) is 5.89 Å². The molecule has 1 saturated heterocycles. The van der Waals surface area contributed by atoms with Crippen molar-refractivity contribution in [2.45, 2.75) is 23.7 Å². The average molecular weight is 447 g/mol. The number of methoxy groups -OCH3 is 2. The minimum absolute atomic E-state index is 0.0348. The fourth-order valence-electron chi connectivity index (χ4n) is 3.63. The first-order valence-electron chi connectivity index (χ1n) is 9.74. The Hall–Kier alpha value is -2.98. The molecule has 0 bridgehead atoms. The molecular formula is C21H22FN3O5S. The Morgan fingerprint density at radius 3 is 2.68 bits per heavy atom. The third-order valence-electron chi connectivity index (χ3n) is 5.27. The van der Waals surface area contributed by atoms with Crippen molar-refractivity contribution >= 4 is 10.0 Å². The molecule has 1 aromatic heterocycles. The minimum Gasteiger partial charge on any atom is -0.497 e. The number of rotatable bonds is 6. The molecule has 3 aromatic rings. The summed E-state index contributed by atoms with van der Waals surface area (Å²) >= 11 is 0. The van der Waals surface area contributed by atoms with Crippen LogP contribution in [0.15, 0.2) is 51.8 Å². The molecule has 164 valence electrons. The summed E-state index contributed by atoms with van der Waals surface area (Å²) in [7, 11) is -0.963. The third-order valence-corrected chi connectivity index (χ3v) is 7.15. The third kappa shape index (κ3) is 4.13. The summed E-state index contributed by atoms with van der Waals surface area (Å²) in [4.78, 5) is 0.0348. The molecule has 0 amide bonds. The number of hydrogen-bond donors (Lipinski definition) is 0. The second-order valence-corrected chi connectivity index (χ2v) is 9.05. The van der Waals surface area contributed by atoms with E-state index in [1.165, 1.54) is 30.7 Å². The highest BCUT2D eigenvalue weighted by atomic mass is 32.2. The lowest BCUT2D eigenvalue weighted by atomic mass is 10.00. The van der Waals surface area contributed by atoms with E-state index >= 15 is 0 Å². The van der Waals surface area contributed by atoms with E-state index in [9.17, 15) is 12.8 Å². The van der Waals surface area contributed by atoms with Crippen LogP contribution in [0.1, 0.15) is 24.7 Å². The average Bonchev–Trinajstić information content (AvgIpc) is 3.29. The Kier molecular flexibility index (Phi) is 5.92. The predicted octanol–water partition coefficient (Wildman–Crippen LogP) is 3.46. The van der Waals surface area contributed by atoms with Crippen LogP contribution in [-0.2, 0) is 10.0 Å². The van der Waals surface area contributed by atoms with Gasteiger partial charge in [0.1, 0.15) is 22.2 Å². The molecular weight excluding hydrogens is 425 g/mol. The van der Waals surface area contributed by atoms with Gasteiger partial charge in [-0.25, -0.2) is 12.8 Å². The van der Waals surface area contributed by atoms with E-state index in [0.717, 1.165) is 0 Å². The number of benzene rings is 2. The van der Waals surface area contributed by atoms with Crippen molar-refractivity contribution in [1.82, 2.24) is 14.5 Å². The number of hydrogen-bond acceptors (Lipinski definition) is 7. The minimum atomic E-state index is -3.85. The second kappa shape index (κ2) is 8.64. The highest BCUT2D eigenvalue weighted by Gasteiger charge is 2.35. The van der Waals surface area contributed by atoms with Crippen LogP contribution in [0.25, 0.3) is 11.5 Å². The number of ether oxygens (including phenoxy) is 2. The molecule has 1 atom stereocenters. The molecule has 31 heavy (non-hydrogen) atoms. The summed E-state index contributed by atoms with van der Waals surface area (Å²) in [6, 6.07) is 10.8. The number of aromatic nitrogens is 2. The largest absolute Gasteiger partial charge is 0.497 e. The number of halogens is 1. The maximum absolute atomic E-state index is 14.0. The van der Waals surface area contributed by atoms with Gasteiger partial charge in [0.05, 0.1) is 25.7 Å². The molecule has 0 unspecified atom stereocenters. The lowest BCUT2D eigenvalue weighted by Crippen LogP contribution is -2.39. The first-order valence-corrected chi connectivity index (χ1v) is 11.2. The van der Waals surface area contributed by atoms with Gasteiger partial charge in [-0.05, 0) is 37.1 Å². The SMILES string of the molecule is COc1ccc(OC)c(S(=O)(=O)N2CCC[C@@H](c3nnc(-c4ccccc4F)o3)C2)c1. The molecule has 2 aromatic carbocycles. The Labute approximate surface area is 179 Å². The number of sulfonamides is 1. The molecule has 8 nitrogen and oxygen atoms in total. The van der Waals surface area contributed by atoms with Crippen molar-refractivity contribution in [3.63, 3.8) is 0 Å². The molecule has 0 saturated carbocycles. The summed E-state index contributed by atoms with van der Waals surface area (Å²) in [6.45, 7) is 0.523. The topological polar surface area (TPSA) is 94.8 Å². The summed E-state index contributed by atoms with van der Waals surface area (Å²) in [6.07, 6.45) is 1.30. The molecule has 0 spiro atoms. The number of piperidine rings is 1. The maximum Gasteiger partial charge on any atom is 0.250 e. The molecule has 1 fully saturated rings. The summed E-state index contributed by atoms with van der Waals surface area (Å²) in [5, 5.41) is 8.01. The van der Waals surface area contributed by atoms with Crippen molar-refractivity contribution < 1.29 is 26.7 Å². The van der Waals surface area contributed by atoms with E-state index in [4.69, 9.17) is 13.9 Å². The van der Waals surface area contributed by atoms with E-state index in [2.05, 4.69) is 10.2 Å². The molecule has 0 aliphatic carbocycles. The number of nitrogens with zero attached hydrogens (tertiary/aromatic N) is 3. The zero-order valence-corrected chi connectivity index (χ0v) is 17.9. The van der Waals surface area contributed by atoms with Crippen molar-refractivity contribution in [1.29, 1.82) is 0 Å². The molecule has 4 rings (SSSR count). The first kappa shape index (κ1) is 21.3. The monoisotopic (exact) mass is 447 g/mol. The summed E-state index contributed by atoms with van der Waals surface area (Å²) in [5.74, 6) is 0.254. The molecule has 1 aliphatic heterocycles. The van der Waals surface area contributed by atoms with E-state index < -0.39 is 15.8 Å². The van der Waals surface area contributed by atoms with Crippen molar-refractivity contribution in [2.24, 2.45) is 0 Å². The van der Waals surface area contributed by atoms with Gasteiger partial charge >= 0.3 is 0 Å². The van der Waals surface area contributed by atoms with Crippen molar-refractivity contribution in [3.8, 4) is 23.0 Å². The smallest absolute Gasteiger partial charge is 0.250 e. The highest BCUT2D eigenvalue weighted by molar-refractivity contribution is 7.89. The zero-order chi connectivity index (χ0) is 22.0. The van der Waals surface area contributed by atoms with Gasteiger partial charge in [-0.1, -0.05) is 12.1 Å². The predicted molar refractivity (Wildman–Crippen MR) is 110 cm³/mol. The normalized spacial score (nSPS) is 17.5. The standard InChI is InChI=1S/C21H22FN3O5S/c1-28-15-9-10-18(29-2)19(12-15)31(26,27)25-11-5-6-14(13-25)20-23-24-21(30-20)16-7-3-4-8-17(16)22/h3-4,7-10,12,14H,5-6,11,13H2,1-2H3/t14-/m1/s1. The second-order valence-electron chi connectivity index (χ2n) is 7.14. The van der Waals surface area contributed by atoms with Crippen LogP contribution in [0.5, 0.6) is 11.5 Å². The van der Waals surface area contributed by atoms with Crippen molar-refractivity contribution in [3.05, 3.63) is 54.2 Å². The summed E-state index contributed by atoms with van der Waals surface area (Å²) < 4.78 is 58.3. The first-order chi connectivity index (χ1) is 14.9. The van der Waals surface area contributed by atoms with Gasteiger partial charge in [0, 0.05) is 19.2 Å². The van der Waals surface area contributed by atoms with Crippen LogP contribution in [-0.4, -0.2) is 50.2 Å². The molecule has 0 radical (unpaired) electrons. The molecule has 0 N–H and O–H groups in total. The van der Waals surface area contributed by atoms with Gasteiger partial charge in [-0.3, -0.25) is 0 Å². The highest BCUT2D eigenvalue weighted by Crippen LogP contribution is 2.35. The van der Waals surface area contributed by atoms with E-state index in [-0.39, 0.29) is 40.5 Å². The Morgan fingerprint density at radius 1 is 1.13 bits per heavy atom. The van der Waals surface area contributed by atoms with Crippen LogP contribution in [0.3, 0.4) is 0 Å². The molecule has 2 heterocycles. The van der Waals surface area contributed by atoms with Crippen molar-refractivity contribution in [2.75, 3.05) is 27.3 Å². The van der Waals surface area contributed by atoms with Gasteiger partial charge in [0.15, 0.2) is 0 Å². The maximum atomic E-state index is 14.0.